The van der Waals surface area contributed by atoms with Crippen LogP contribution < -0.4 is 9.47 Å². The van der Waals surface area contributed by atoms with Gasteiger partial charge in [0, 0.05) is 5.41 Å². The quantitative estimate of drug-likeness (QED) is 0.810. The van der Waals surface area contributed by atoms with Crippen LogP contribution in [0.1, 0.15) is 25.7 Å². The number of rotatable bonds is 5. The Labute approximate surface area is 121 Å². The normalized spacial score (nSPS) is 18.0. The maximum atomic E-state index is 12.3. The fraction of sp³-hybridized carbons (Fsp3) is 0.571. The maximum Gasteiger partial charge on any atom is 0.573 e. The lowest BCUT2D eigenvalue weighted by Crippen LogP contribution is -2.27. The van der Waals surface area contributed by atoms with Crippen molar-refractivity contribution in [1.82, 2.24) is 0 Å². The molecule has 1 aromatic rings. The second-order valence-corrected chi connectivity index (χ2v) is 5.46. The lowest BCUT2D eigenvalue weighted by molar-refractivity contribution is -0.275. The standard InChI is InChI=1S/C14H17F3O2S/c15-14(16,17)19-12-6-2-1-5-11(12)18-9-13(10-20)7-3-4-8-13/h1-2,5-6,20H,3-4,7-10H2. The van der Waals surface area contributed by atoms with Crippen LogP contribution in [0.2, 0.25) is 0 Å². The van der Waals surface area contributed by atoms with Crippen molar-refractivity contribution in [2.24, 2.45) is 5.41 Å². The molecule has 0 N–H and O–H groups in total. The third-order valence-electron chi connectivity index (χ3n) is 3.61. The highest BCUT2D eigenvalue weighted by molar-refractivity contribution is 7.80. The third-order valence-corrected chi connectivity index (χ3v) is 4.28. The Morgan fingerprint density at radius 3 is 2.25 bits per heavy atom. The van der Waals surface area contributed by atoms with Crippen LogP contribution in [0.25, 0.3) is 0 Å². The van der Waals surface area contributed by atoms with E-state index in [2.05, 4.69) is 17.4 Å². The molecule has 0 saturated heterocycles. The summed E-state index contributed by atoms with van der Waals surface area (Å²) in [6, 6.07) is 5.85. The number of hydrogen-bond acceptors (Lipinski definition) is 3. The molecule has 0 aliphatic heterocycles. The molecule has 1 aliphatic rings. The summed E-state index contributed by atoms with van der Waals surface area (Å²) >= 11 is 4.35. The van der Waals surface area contributed by atoms with Gasteiger partial charge in [-0.25, -0.2) is 0 Å². The second-order valence-electron chi connectivity index (χ2n) is 5.15. The maximum absolute atomic E-state index is 12.3. The van der Waals surface area contributed by atoms with Gasteiger partial charge in [0.2, 0.25) is 0 Å². The van der Waals surface area contributed by atoms with Crippen LogP contribution in [-0.2, 0) is 0 Å². The fourth-order valence-electron chi connectivity index (χ4n) is 2.48. The van der Waals surface area contributed by atoms with Crippen LogP contribution in [0.15, 0.2) is 24.3 Å². The Hall–Kier alpha value is -1.04. The number of hydrogen-bond donors (Lipinski definition) is 1. The number of thiol groups is 1. The topological polar surface area (TPSA) is 18.5 Å². The molecule has 1 aliphatic carbocycles. The molecule has 0 radical (unpaired) electrons. The van der Waals surface area contributed by atoms with E-state index >= 15 is 0 Å². The van der Waals surface area contributed by atoms with E-state index in [1.165, 1.54) is 18.2 Å². The monoisotopic (exact) mass is 306 g/mol. The van der Waals surface area contributed by atoms with E-state index in [-0.39, 0.29) is 16.9 Å². The van der Waals surface area contributed by atoms with E-state index in [0.29, 0.717) is 12.4 Å². The summed E-state index contributed by atoms with van der Waals surface area (Å²) in [5.74, 6) is 0.500. The smallest absolute Gasteiger partial charge is 0.489 e. The highest BCUT2D eigenvalue weighted by Crippen LogP contribution is 2.40. The van der Waals surface area contributed by atoms with Crippen LogP contribution in [0.4, 0.5) is 13.2 Å². The van der Waals surface area contributed by atoms with Gasteiger partial charge in [0.1, 0.15) is 0 Å². The van der Waals surface area contributed by atoms with Crippen molar-refractivity contribution in [3.05, 3.63) is 24.3 Å². The molecule has 112 valence electrons. The highest BCUT2D eigenvalue weighted by atomic mass is 32.1. The van der Waals surface area contributed by atoms with E-state index < -0.39 is 6.36 Å². The first-order valence-corrected chi connectivity index (χ1v) is 7.16. The summed E-state index contributed by atoms with van der Waals surface area (Å²) in [5.41, 5.74) is -0.0333. The molecule has 0 amide bonds. The summed E-state index contributed by atoms with van der Waals surface area (Å²) in [7, 11) is 0. The van der Waals surface area contributed by atoms with Gasteiger partial charge in [-0.2, -0.15) is 12.6 Å². The van der Waals surface area contributed by atoms with Crippen LogP contribution in [0.3, 0.4) is 0 Å². The number of alkyl halides is 3. The molecule has 6 heteroatoms. The van der Waals surface area contributed by atoms with Gasteiger partial charge in [0.15, 0.2) is 11.5 Å². The first-order chi connectivity index (χ1) is 9.44. The molecule has 2 rings (SSSR count). The molecule has 0 atom stereocenters. The lowest BCUT2D eigenvalue weighted by atomic mass is 9.90. The van der Waals surface area contributed by atoms with Gasteiger partial charge in [-0.05, 0) is 30.7 Å². The molecule has 1 aromatic carbocycles. The zero-order chi connectivity index (χ0) is 14.6. The van der Waals surface area contributed by atoms with Gasteiger partial charge in [-0.15, -0.1) is 13.2 Å². The van der Waals surface area contributed by atoms with Gasteiger partial charge in [0.25, 0.3) is 0 Å². The van der Waals surface area contributed by atoms with E-state index in [9.17, 15) is 13.2 Å². The van der Waals surface area contributed by atoms with Gasteiger partial charge >= 0.3 is 6.36 Å². The number of ether oxygens (including phenoxy) is 2. The first-order valence-electron chi connectivity index (χ1n) is 6.53. The molecule has 1 saturated carbocycles. The average Bonchev–Trinajstić information content (AvgIpc) is 2.85. The summed E-state index contributed by atoms with van der Waals surface area (Å²) in [6.45, 7) is 0.370. The molecule has 2 nitrogen and oxygen atoms in total. The predicted octanol–water partition coefficient (Wildman–Crippen LogP) is 4.45. The van der Waals surface area contributed by atoms with Crippen LogP contribution in [-0.4, -0.2) is 18.7 Å². The Morgan fingerprint density at radius 2 is 1.70 bits per heavy atom. The third kappa shape index (κ3) is 3.98. The molecule has 1 fully saturated rings. The number of halogens is 3. The highest BCUT2D eigenvalue weighted by Gasteiger charge is 2.35. The molecule has 20 heavy (non-hydrogen) atoms. The minimum Gasteiger partial charge on any atom is -0.489 e. The van der Waals surface area contributed by atoms with E-state index in [4.69, 9.17) is 4.74 Å². The van der Waals surface area contributed by atoms with Gasteiger partial charge in [-0.3, -0.25) is 0 Å². The SMILES string of the molecule is FC(F)(F)Oc1ccccc1OCC1(CS)CCCC1. The van der Waals surface area contributed by atoms with Crippen molar-refractivity contribution in [1.29, 1.82) is 0 Å². The summed E-state index contributed by atoms with van der Waals surface area (Å²) in [5, 5.41) is 0. The average molecular weight is 306 g/mol. The molecule has 0 bridgehead atoms. The minimum atomic E-state index is -4.71. The van der Waals surface area contributed by atoms with Crippen molar-refractivity contribution in [2.45, 2.75) is 32.0 Å². The van der Waals surface area contributed by atoms with Crippen molar-refractivity contribution >= 4 is 12.6 Å². The Morgan fingerprint density at radius 1 is 1.10 bits per heavy atom. The zero-order valence-electron chi connectivity index (χ0n) is 10.9. The molecular weight excluding hydrogens is 289 g/mol. The van der Waals surface area contributed by atoms with Gasteiger partial charge < -0.3 is 9.47 Å². The Balaban J connectivity index is 2.05. The lowest BCUT2D eigenvalue weighted by Gasteiger charge is -2.27. The van der Waals surface area contributed by atoms with Crippen molar-refractivity contribution in [2.75, 3.05) is 12.4 Å². The second kappa shape index (κ2) is 6.16. The van der Waals surface area contributed by atoms with E-state index in [1.54, 1.807) is 6.07 Å². The number of benzene rings is 1. The van der Waals surface area contributed by atoms with Crippen LogP contribution in [0, 0.1) is 5.41 Å². The summed E-state index contributed by atoms with van der Waals surface area (Å²) in [4.78, 5) is 0. The molecular formula is C14H17F3O2S. The van der Waals surface area contributed by atoms with Crippen LogP contribution >= 0.6 is 12.6 Å². The summed E-state index contributed by atoms with van der Waals surface area (Å²) in [6.07, 6.45) is -0.485. The Kier molecular flexibility index (Phi) is 4.73. The minimum absolute atomic E-state index is 0.0333. The van der Waals surface area contributed by atoms with E-state index in [1.807, 2.05) is 0 Å². The Bertz CT molecular complexity index is 442. The first kappa shape index (κ1) is 15.4. The molecule has 0 aromatic heterocycles. The van der Waals surface area contributed by atoms with Crippen molar-refractivity contribution in [3.8, 4) is 11.5 Å². The summed E-state index contributed by atoms with van der Waals surface area (Å²) < 4.78 is 46.5. The number of para-hydroxylation sites is 2. The molecule has 0 unspecified atom stereocenters. The fourth-order valence-corrected chi connectivity index (χ4v) is 2.89. The van der Waals surface area contributed by atoms with Gasteiger partial charge in [0.05, 0.1) is 6.61 Å². The van der Waals surface area contributed by atoms with Gasteiger partial charge in [-0.1, -0.05) is 25.0 Å². The van der Waals surface area contributed by atoms with Crippen molar-refractivity contribution in [3.63, 3.8) is 0 Å². The largest absolute Gasteiger partial charge is 0.573 e. The molecule has 0 heterocycles. The predicted molar refractivity (Wildman–Crippen MR) is 73.4 cm³/mol. The molecule has 0 spiro atoms. The van der Waals surface area contributed by atoms with E-state index in [0.717, 1.165) is 25.7 Å². The van der Waals surface area contributed by atoms with Crippen LogP contribution in [0.5, 0.6) is 11.5 Å². The zero-order valence-corrected chi connectivity index (χ0v) is 11.8. The van der Waals surface area contributed by atoms with Crippen molar-refractivity contribution < 1.29 is 22.6 Å².